The maximum atomic E-state index is 13.5. The molecule has 2 nitrogen and oxygen atoms in total. The summed E-state index contributed by atoms with van der Waals surface area (Å²) in [5.41, 5.74) is 7.17. The zero-order valence-corrected chi connectivity index (χ0v) is 13.1. The Morgan fingerprint density at radius 3 is 2.79 bits per heavy atom. The van der Waals surface area contributed by atoms with Crippen molar-refractivity contribution in [2.45, 2.75) is 25.4 Å². The number of nitrogens with two attached hydrogens (primary N) is 1. The summed E-state index contributed by atoms with van der Waals surface area (Å²) in [6.07, 6.45) is 2.44. The van der Waals surface area contributed by atoms with Crippen molar-refractivity contribution in [1.29, 1.82) is 0 Å². The molecule has 1 aliphatic carbocycles. The molecule has 19 heavy (non-hydrogen) atoms. The van der Waals surface area contributed by atoms with Crippen LogP contribution in [0.5, 0.6) is 0 Å². The van der Waals surface area contributed by atoms with E-state index in [0.717, 1.165) is 31.1 Å². The third-order valence-corrected chi connectivity index (χ3v) is 5.02. The van der Waals surface area contributed by atoms with E-state index in [1.165, 1.54) is 12.8 Å². The van der Waals surface area contributed by atoms with Crippen LogP contribution in [0, 0.1) is 17.7 Å². The van der Waals surface area contributed by atoms with Gasteiger partial charge in [0.15, 0.2) is 0 Å². The second-order valence-electron chi connectivity index (χ2n) is 5.61. The van der Waals surface area contributed by atoms with Gasteiger partial charge in [0.25, 0.3) is 0 Å². The van der Waals surface area contributed by atoms with Gasteiger partial charge in [-0.15, -0.1) is 12.4 Å². The largest absolute Gasteiger partial charge is 0.327 e. The first-order valence-electron chi connectivity index (χ1n) is 6.55. The van der Waals surface area contributed by atoms with Gasteiger partial charge < -0.3 is 5.73 Å². The maximum Gasteiger partial charge on any atom is 0.137 e. The van der Waals surface area contributed by atoms with Crippen molar-refractivity contribution < 1.29 is 4.39 Å². The first-order valence-corrected chi connectivity index (χ1v) is 7.34. The van der Waals surface area contributed by atoms with Crippen LogP contribution in [0.2, 0.25) is 0 Å². The quantitative estimate of drug-likeness (QED) is 0.888. The molecule has 0 spiro atoms. The molecule has 1 aliphatic heterocycles. The number of fused-ring (bicyclic) bond motifs is 1. The van der Waals surface area contributed by atoms with E-state index in [2.05, 4.69) is 20.8 Å². The van der Waals surface area contributed by atoms with Crippen LogP contribution in [0.25, 0.3) is 0 Å². The van der Waals surface area contributed by atoms with Gasteiger partial charge in [-0.05, 0) is 58.3 Å². The summed E-state index contributed by atoms with van der Waals surface area (Å²) in [5, 5.41) is 0. The zero-order chi connectivity index (χ0) is 12.7. The van der Waals surface area contributed by atoms with Crippen molar-refractivity contribution in [3.05, 3.63) is 34.1 Å². The fourth-order valence-electron chi connectivity index (χ4n) is 3.43. The Kier molecular flexibility index (Phi) is 4.88. The summed E-state index contributed by atoms with van der Waals surface area (Å²) >= 11 is 3.18. The second kappa shape index (κ2) is 6.08. The van der Waals surface area contributed by atoms with Crippen LogP contribution in [-0.4, -0.2) is 24.0 Å². The van der Waals surface area contributed by atoms with Gasteiger partial charge in [-0.25, -0.2) is 4.39 Å². The van der Waals surface area contributed by atoms with Crippen LogP contribution in [0.1, 0.15) is 18.4 Å². The average Bonchev–Trinajstić information content (AvgIpc) is 2.87. The fraction of sp³-hybridized carbons (Fsp3) is 0.571. The lowest BCUT2D eigenvalue weighted by molar-refractivity contribution is 0.298. The molecule has 3 unspecified atom stereocenters. The molecule has 1 heterocycles. The summed E-state index contributed by atoms with van der Waals surface area (Å²) in [6.45, 7) is 3.03. The van der Waals surface area contributed by atoms with E-state index >= 15 is 0 Å². The van der Waals surface area contributed by atoms with Gasteiger partial charge >= 0.3 is 0 Å². The van der Waals surface area contributed by atoms with Gasteiger partial charge in [-0.3, -0.25) is 4.90 Å². The maximum absolute atomic E-state index is 13.5. The van der Waals surface area contributed by atoms with Crippen LogP contribution >= 0.6 is 28.3 Å². The molecule has 1 aromatic rings. The van der Waals surface area contributed by atoms with Gasteiger partial charge in [-0.1, -0.05) is 6.07 Å². The van der Waals surface area contributed by atoms with Crippen molar-refractivity contribution in [2.75, 3.05) is 13.1 Å². The topological polar surface area (TPSA) is 29.3 Å². The van der Waals surface area contributed by atoms with E-state index in [1.807, 2.05) is 6.07 Å². The summed E-state index contributed by atoms with van der Waals surface area (Å²) in [6, 6.07) is 5.77. The minimum Gasteiger partial charge on any atom is -0.327 e. The average molecular weight is 350 g/mol. The molecule has 2 aliphatic rings. The number of nitrogens with zero attached hydrogens (tertiary/aromatic N) is 1. The first-order chi connectivity index (χ1) is 8.63. The number of hydrogen-bond acceptors (Lipinski definition) is 2. The Balaban J connectivity index is 0.00000133. The molecular weight excluding hydrogens is 331 g/mol. The third kappa shape index (κ3) is 3.13. The van der Waals surface area contributed by atoms with E-state index in [1.54, 1.807) is 12.1 Å². The predicted octanol–water partition coefficient (Wildman–Crippen LogP) is 3.18. The van der Waals surface area contributed by atoms with Crippen molar-refractivity contribution in [1.82, 2.24) is 4.90 Å². The number of halogens is 3. The lowest BCUT2D eigenvalue weighted by Crippen LogP contribution is -2.30. The molecule has 2 N–H and O–H groups in total. The van der Waals surface area contributed by atoms with Crippen LogP contribution in [0.4, 0.5) is 4.39 Å². The van der Waals surface area contributed by atoms with Gasteiger partial charge in [0.2, 0.25) is 0 Å². The molecule has 3 rings (SSSR count). The molecule has 2 fully saturated rings. The number of rotatable bonds is 2. The molecule has 5 heteroatoms. The molecule has 0 aromatic heterocycles. The molecule has 1 saturated heterocycles. The number of likely N-dealkylation sites (tertiary alicyclic amines) is 1. The molecule has 0 amide bonds. The monoisotopic (exact) mass is 348 g/mol. The van der Waals surface area contributed by atoms with Crippen molar-refractivity contribution >= 4 is 28.3 Å². The van der Waals surface area contributed by atoms with E-state index in [4.69, 9.17) is 5.73 Å². The van der Waals surface area contributed by atoms with Gasteiger partial charge in [0, 0.05) is 25.7 Å². The van der Waals surface area contributed by atoms with Gasteiger partial charge in [0.05, 0.1) is 4.47 Å². The van der Waals surface area contributed by atoms with Crippen molar-refractivity contribution in [3.8, 4) is 0 Å². The van der Waals surface area contributed by atoms with Crippen LogP contribution in [0.15, 0.2) is 22.7 Å². The second-order valence-corrected chi connectivity index (χ2v) is 6.46. The Hall–Kier alpha value is -0.160. The summed E-state index contributed by atoms with van der Waals surface area (Å²) in [5.74, 6) is 1.24. The molecule has 106 valence electrons. The lowest BCUT2D eigenvalue weighted by atomic mass is 9.98. The SMILES string of the molecule is Cl.NC1CCC2CN(Cc3ccc(Br)c(F)c3)CC12. The highest BCUT2D eigenvalue weighted by atomic mass is 79.9. The van der Waals surface area contributed by atoms with Gasteiger partial charge in [-0.2, -0.15) is 0 Å². The summed E-state index contributed by atoms with van der Waals surface area (Å²) in [4.78, 5) is 2.41. The minimum absolute atomic E-state index is 0. The smallest absolute Gasteiger partial charge is 0.137 e. The molecule has 1 saturated carbocycles. The highest BCUT2D eigenvalue weighted by Gasteiger charge is 2.40. The van der Waals surface area contributed by atoms with E-state index < -0.39 is 0 Å². The Morgan fingerprint density at radius 2 is 2.11 bits per heavy atom. The van der Waals surface area contributed by atoms with Crippen LogP contribution < -0.4 is 5.73 Å². The van der Waals surface area contributed by atoms with Crippen molar-refractivity contribution in [3.63, 3.8) is 0 Å². The highest BCUT2D eigenvalue weighted by molar-refractivity contribution is 9.10. The Morgan fingerprint density at radius 1 is 1.32 bits per heavy atom. The number of hydrogen-bond donors (Lipinski definition) is 1. The lowest BCUT2D eigenvalue weighted by Gasteiger charge is -2.18. The minimum atomic E-state index is -0.177. The predicted molar refractivity (Wildman–Crippen MR) is 80.8 cm³/mol. The van der Waals surface area contributed by atoms with Crippen molar-refractivity contribution in [2.24, 2.45) is 17.6 Å². The van der Waals surface area contributed by atoms with E-state index in [-0.39, 0.29) is 18.2 Å². The van der Waals surface area contributed by atoms with Crippen LogP contribution in [-0.2, 0) is 6.54 Å². The summed E-state index contributed by atoms with van der Waals surface area (Å²) in [7, 11) is 0. The standard InChI is InChI=1S/C14H18BrFN2.ClH/c15-12-3-1-9(5-13(12)16)6-18-7-10-2-4-14(17)11(10)8-18;/h1,3,5,10-11,14H,2,4,6-8,17H2;1H. The fourth-order valence-corrected chi connectivity index (χ4v) is 3.67. The molecular formula is C14H19BrClFN2. The Labute approximate surface area is 128 Å². The normalized spacial score (nSPS) is 30.2. The number of benzene rings is 1. The van der Waals surface area contributed by atoms with E-state index in [0.29, 0.717) is 16.4 Å². The highest BCUT2D eigenvalue weighted by Crippen LogP contribution is 2.37. The van der Waals surface area contributed by atoms with Crippen LogP contribution in [0.3, 0.4) is 0 Å². The first kappa shape index (κ1) is 15.2. The zero-order valence-electron chi connectivity index (χ0n) is 10.7. The third-order valence-electron chi connectivity index (χ3n) is 4.38. The molecule has 0 radical (unpaired) electrons. The van der Waals surface area contributed by atoms with E-state index in [9.17, 15) is 4.39 Å². The Bertz CT molecular complexity index is 457. The molecule has 0 bridgehead atoms. The molecule has 1 aromatic carbocycles. The molecule has 3 atom stereocenters. The van der Waals surface area contributed by atoms with Gasteiger partial charge in [0.1, 0.15) is 5.82 Å². The summed E-state index contributed by atoms with van der Waals surface area (Å²) < 4.78 is 14.0.